The molecule has 1 saturated heterocycles. The molecule has 1 aliphatic heterocycles. The van der Waals surface area contributed by atoms with Crippen molar-refractivity contribution in [3.63, 3.8) is 0 Å². The van der Waals surface area contributed by atoms with Crippen LogP contribution in [-0.4, -0.2) is 33.9 Å². The van der Waals surface area contributed by atoms with Crippen LogP contribution < -0.4 is 10.2 Å². The molecule has 128 valence electrons. The molecule has 24 heavy (non-hydrogen) atoms. The van der Waals surface area contributed by atoms with Crippen molar-refractivity contribution >= 4 is 12.4 Å². The van der Waals surface area contributed by atoms with Gasteiger partial charge in [-0.3, -0.25) is 4.68 Å². The van der Waals surface area contributed by atoms with Crippen molar-refractivity contribution in [1.29, 1.82) is 0 Å². The van der Waals surface area contributed by atoms with Crippen LogP contribution >= 0.6 is 0 Å². The van der Waals surface area contributed by atoms with Crippen molar-refractivity contribution in [2.75, 3.05) is 6.61 Å². The zero-order chi connectivity index (χ0) is 17.4. The van der Waals surface area contributed by atoms with Crippen molar-refractivity contribution < 1.29 is 9.39 Å². The van der Waals surface area contributed by atoms with Gasteiger partial charge in [0.05, 0.1) is 18.8 Å². The van der Waals surface area contributed by atoms with Crippen molar-refractivity contribution in [2.45, 2.75) is 53.1 Å². The Morgan fingerprint density at radius 3 is 2.62 bits per heavy atom. The fourth-order valence-corrected chi connectivity index (χ4v) is 3.01. The lowest BCUT2D eigenvalue weighted by atomic mass is 9.55. The maximum absolute atomic E-state index is 6.27. The van der Waals surface area contributed by atoms with Crippen LogP contribution in [0.3, 0.4) is 0 Å². The van der Waals surface area contributed by atoms with Gasteiger partial charge in [0.2, 0.25) is 5.88 Å². The summed E-state index contributed by atoms with van der Waals surface area (Å²) in [4.78, 5) is 4.30. The molecule has 5 nitrogen and oxygen atoms in total. The van der Waals surface area contributed by atoms with Crippen LogP contribution in [0.4, 0.5) is 0 Å². The zero-order valence-electron chi connectivity index (χ0n) is 15.2. The number of rotatable bonds is 5. The summed E-state index contributed by atoms with van der Waals surface area (Å²) in [5.41, 5.74) is 2.27. The molecule has 3 heterocycles. The number of hydrogen-bond donors (Lipinski definition) is 0. The standard InChI is InChI=1S/C18H26BN3O2/c1-6-23-16-8-7-14(9-20-16)11-22-12-15(10-21-22)19-13-17(2,3)18(4,5)24-19/h7-10,12H,6,11,13H2,1-5H3. The van der Waals surface area contributed by atoms with Gasteiger partial charge in [-0.25, -0.2) is 4.98 Å². The van der Waals surface area contributed by atoms with E-state index in [-0.39, 0.29) is 17.9 Å². The Morgan fingerprint density at radius 1 is 1.25 bits per heavy atom. The summed E-state index contributed by atoms with van der Waals surface area (Å²) in [5.74, 6) is 0.659. The maximum atomic E-state index is 6.27. The number of aromatic nitrogens is 3. The molecule has 0 unspecified atom stereocenters. The monoisotopic (exact) mass is 327 g/mol. The van der Waals surface area contributed by atoms with Gasteiger partial charge < -0.3 is 9.39 Å². The van der Waals surface area contributed by atoms with Gasteiger partial charge in [-0.1, -0.05) is 19.9 Å². The molecule has 0 aliphatic carbocycles. The predicted molar refractivity (Wildman–Crippen MR) is 95.9 cm³/mol. The molecule has 0 aromatic carbocycles. The first kappa shape index (κ1) is 17.0. The molecule has 0 atom stereocenters. The molecule has 6 heteroatoms. The molecule has 2 aromatic heterocycles. The van der Waals surface area contributed by atoms with Gasteiger partial charge in [-0.05, 0) is 43.5 Å². The van der Waals surface area contributed by atoms with Crippen molar-refractivity contribution in [2.24, 2.45) is 5.41 Å². The van der Waals surface area contributed by atoms with Crippen LogP contribution in [0.15, 0.2) is 30.7 Å². The van der Waals surface area contributed by atoms with Gasteiger partial charge in [-0.15, -0.1) is 0 Å². The molecule has 0 radical (unpaired) electrons. The van der Waals surface area contributed by atoms with Crippen LogP contribution in [0.1, 0.15) is 40.2 Å². The second-order valence-electron chi connectivity index (χ2n) is 7.61. The van der Waals surface area contributed by atoms with Crippen molar-refractivity contribution in [1.82, 2.24) is 14.8 Å². The predicted octanol–water partition coefficient (Wildman–Crippen LogP) is 2.76. The van der Waals surface area contributed by atoms with Crippen LogP contribution in [0, 0.1) is 5.41 Å². The van der Waals surface area contributed by atoms with Gasteiger partial charge in [0.1, 0.15) is 0 Å². The summed E-state index contributed by atoms with van der Waals surface area (Å²) in [6.07, 6.45) is 6.85. The van der Waals surface area contributed by atoms with Crippen LogP contribution in [0.25, 0.3) is 0 Å². The fraction of sp³-hybridized carbons (Fsp3) is 0.556. The normalized spacial score (nSPS) is 18.8. The lowest BCUT2D eigenvalue weighted by molar-refractivity contribution is 0.0375. The van der Waals surface area contributed by atoms with Gasteiger partial charge >= 0.3 is 6.92 Å². The van der Waals surface area contributed by atoms with Crippen LogP contribution in [0.5, 0.6) is 5.88 Å². The first-order valence-corrected chi connectivity index (χ1v) is 8.58. The second kappa shape index (κ2) is 6.24. The molecule has 0 amide bonds. The zero-order valence-corrected chi connectivity index (χ0v) is 15.2. The highest BCUT2D eigenvalue weighted by molar-refractivity contribution is 6.68. The third-order valence-corrected chi connectivity index (χ3v) is 5.22. The smallest absolute Gasteiger partial charge is 0.331 e. The SMILES string of the molecule is CCOc1ccc(Cn2cc(B3CC(C)(C)C(C)(C)O3)cn2)cn1. The summed E-state index contributed by atoms with van der Waals surface area (Å²) in [7, 11) is 0. The number of pyridine rings is 1. The van der Waals surface area contributed by atoms with E-state index in [0.717, 1.165) is 17.3 Å². The molecule has 0 spiro atoms. The first-order chi connectivity index (χ1) is 11.3. The minimum absolute atomic E-state index is 0.113. The Hall–Kier alpha value is -1.82. The topological polar surface area (TPSA) is 49.2 Å². The van der Waals surface area contributed by atoms with E-state index in [1.807, 2.05) is 36.1 Å². The average Bonchev–Trinajstić information content (AvgIpc) is 3.04. The van der Waals surface area contributed by atoms with E-state index in [1.54, 1.807) is 0 Å². The summed E-state index contributed by atoms with van der Waals surface area (Å²) in [5, 5.41) is 4.49. The Bertz CT molecular complexity index is 679. The van der Waals surface area contributed by atoms with E-state index in [2.05, 4.69) is 44.0 Å². The molecule has 2 aromatic rings. The van der Waals surface area contributed by atoms with E-state index in [0.29, 0.717) is 19.0 Å². The average molecular weight is 327 g/mol. The van der Waals surface area contributed by atoms with Gasteiger partial charge in [0, 0.05) is 24.7 Å². The van der Waals surface area contributed by atoms with Crippen molar-refractivity contribution in [3.05, 3.63) is 36.3 Å². The largest absolute Gasteiger partial charge is 0.478 e. The molecule has 0 saturated carbocycles. The second-order valence-corrected chi connectivity index (χ2v) is 7.61. The molecule has 0 N–H and O–H groups in total. The third-order valence-electron chi connectivity index (χ3n) is 5.22. The summed E-state index contributed by atoms with van der Waals surface area (Å²) >= 11 is 0. The highest BCUT2D eigenvalue weighted by atomic mass is 16.5. The van der Waals surface area contributed by atoms with Gasteiger partial charge in [0.15, 0.2) is 0 Å². The van der Waals surface area contributed by atoms with E-state index in [1.165, 1.54) is 0 Å². The first-order valence-electron chi connectivity index (χ1n) is 8.58. The number of ether oxygens (including phenoxy) is 1. The summed E-state index contributed by atoms with van der Waals surface area (Å²) in [6, 6.07) is 3.92. The minimum Gasteiger partial charge on any atom is -0.478 e. The fourth-order valence-electron chi connectivity index (χ4n) is 3.01. The highest BCUT2D eigenvalue weighted by Gasteiger charge is 2.50. The van der Waals surface area contributed by atoms with Gasteiger partial charge in [0.25, 0.3) is 0 Å². The Morgan fingerprint density at radius 2 is 2.04 bits per heavy atom. The van der Waals surface area contributed by atoms with Crippen molar-refractivity contribution in [3.8, 4) is 5.88 Å². The minimum atomic E-state index is -0.126. The lowest BCUT2D eigenvalue weighted by Gasteiger charge is -2.34. The number of hydrogen-bond acceptors (Lipinski definition) is 4. The summed E-state index contributed by atoms with van der Waals surface area (Å²) < 4.78 is 13.6. The molecule has 0 bridgehead atoms. The highest BCUT2D eigenvalue weighted by Crippen LogP contribution is 2.44. The van der Waals surface area contributed by atoms with Gasteiger partial charge in [-0.2, -0.15) is 5.10 Å². The van der Waals surface area contributed by atoms with E-state index < -0.39 is 0 Å². The Balaban J connectivity index is 1.68. The molecular weight excluding hydrogens is 301 g/mol. The maximum Gasteiger partial charge on any atom is 0.331 e. The quantitative estimate of drug-likeness (QED) is 0.793. The van der Waals surface area contributed by atoms with E-state index >= 15 is 0 Å². The van der Waals surface area contributed by atoms with E-state index in [9.17, 15) is 0 Å². The Labute approximate surface area is 144 Å². The van der Waals surface area contributed by atoms with Crippen LogP contribution in [0.2, 0.25) is 6.32 Å². The number of nitrogens with zero attached hydrogens (tertiary/aromatic N) is 3. The van der Waals surface area contributed by atoms with E-state index in [4.69, 9.17) is 9.39 Å². The van der Waals surface area contributed by atoms with Crippen LogP contribution in [-0.2, 0) is 11.2 Å². The Kier molecular flexibility index (Phi) is 4.43. The molecule has 1 fully saturated rings. The molecule has 3 rings (SSSR count). The molecule has 1 aliphatic rings. The molecular formula is C18H26BN3O2. The lowest BCUT2D eigenvalue weighted by Crippen LogP contribution is -2.35. The third kappa shape index (κ3) is 3.34. The summed E-state index contributed by atoms with van der Waals surface area (Å²) in [6.45, 7) is 12.3.